The molecule has 0 aliphatic heterocycles. The van der Waals surface area contributed by atoms with Gasteiger partial charge in [-0.1, -0.05) is 36.4 Å². The van der Waals surface area contributed by atoms with E-state index in [0.29, 0.717) is 33.8 Å². The average molecular weight is 475 g/mol. The van der Waals surface area contributed by atoms with Gasteiger partial charge < -0.3 is 9.15 Å². The van der Waals surface area contributed by atoms with Crippen LogP contribution in [0.5, 0.6) is 5.75 Å². The molecule has 6 aromatic rings. The van der Waals surface area contributed by atoms with Gasteiger partial charge in [-0.3, -0.25) is 4.79 Å². The van der Waals surface area contributed by atoms with Crippen LogP contribution in [0.4, 0.5) is 0 Å². The minimum absolute atomic E-state index is 0.154. The molecule has 0 aliphatic rings. The summed E-state index contributed by atoms with van der Waals surface area (Å²) in [4.78, 5) is 13.3. The minimum Gasteiger partial charge on any atom is -0.497 e. The molecule has 3 aromatic heterocycles. The number of nitrogens with zero attached hydrogens (tertiary/aromatic N) is 4. The van der Waals surface area contributed by atoms with E-state index in [-0.39, 0.29) is 5.43 Å². The van der Waals surface area contributed by atoms with Gasteiger partial charge in [0.25, 0.3) is 0 Å². The van der Waals surface area contributed by atoms with Crippen LogP contribution >= 0.6 is 0 Å². The van der Waals surface area contributed by atoms with Gasteiger partial charge in [-0.25, -0.2) is 4.68 Å². The smallest absolute Gasteiger partial charge is 0.234 e. The highest BCUT2D eigenvalue weighted by Gasteiger charge is 2.21. The standard InChI is InChI=1S/C29H22N4O3/c1-19-27-25(34)17-26(36-29(27)33(30-19)22-11-7-4-8-12-22)24-18-32(21-9-5-3-6-10-21)31-28(24)20-13-15-23(35-2)16-14-20/h3-18H,1-2H3. The molecule has 0 radical (unpaired) electrons. The van der Waals surface area contributed by atoms with Crippen molar-refractivity contribution in [2.24, 2.45) is 0 Å². The van der Waals surface area contributed by atoms with Gasteiger partial charge in [0.15, 0.2) is 5.43 Å². The maximum Gasteiger partial charge on any atom is 0.234 e. The lowest BCUT2D eigenvalue weighted by Gasteiger charge is -2.06. The van der Waals surface area contributed by atoms with Crippen molar-refractivity contribution in [3.8, 4) is 39.7 Å². The summed E-state index contributed by atoms with van der Waals surface area (Å²) in [5.74, 6) is 1.16. The number of aryl methyl sites for hydroxylation is 1. The van der Waals surface area contributed by atoms with Crippen molar-refractivity contribution in [3.63, 3.8) is 0 Å². The fraction of sp³-hybridized carbons (Fsp3) is 0.0690. The average Bonchev–Trinajstić information content (AvgIpc) is 3.52. The molecular formula is C29H22N4O3. The van der Waals surface area contributed by atoms with Gasteiger partial charge in [-0.2, -0.15) is 14.9 Å². The first-order chi connectivity index (χ1) is 17.6. The van der Waals surface area contributed by atoms with Crippen molar-refractivity contribution >= 4 is 11.1 Å². The van der Waals surface area contributed by atoms with E-state index >= 15 is 0 Å². The largest absolute Gasteiger partial charge is 0.497 e. The molecule has 0 atom stereocenters. The van der Waals surface area contributed by atoms with Crippen LogP contribution in [-0.2, 0) is 0 Å². The number of ether oxygens (including phenoxy) is 1. The second-order valence-corrected chi connectivity index (χ2v) is 8.39. The molecule has 0 fully saturated rings. The zero-order valence-corrected chi connectivity index (χ0v) is 19.8. The van der Waals surface area contributed by atoms with Crippen molar-refractivity contribution in [1.29, 1.82) is 0 Å². The van der Waals surface area contributed by atoms with Gasteiger partial charge in [0.05, 0.1) is 29.7 Å². The second kappa shape index (κ2) is 8.70. The van der Waals surface area contributed by atoms with Gasteiger partial charge >= 0.3 is 0 Å². The third kappa shape index (κ3) is 3.67. The van der Waals surface area contributed by atoms with E-state index in [0.717, 1.165) is 22.7 Å². The number of para-hydroxylation sites is 2. The molecule has 7 nitrogen and oxygen atoms in total. The quantitative estimate of drug-likeness (QED) is 0.315. The van der Waals surface area contributed by atoms with E-state index in [2.05, 4.69) is 5.10 Å². The molecule has 0 saturated heterocycles. The lowest BCUT2D eigenvalue weighted by atomic mass is 10.1. The molecule has 0 unspecified atom stereocenters. The SMILES string of the molecule is COc1ccc(-c2nn(-c3ccccc3)cc2-c2cc(=O)c3c(C)nn(-c4ccccc4)c3o2)cc1. The number of rotatable bonds is 5. The molecular weight excluding hydrogens is 452 g/mol. The molecule has 0 amide bonds. The number of benzene rings is 3. The third-order valence-electron chi connectivity index (χ3n) is 6.10. The molecule has 6 rings (SSSR count). The summed E-state index contributed by atoms with van der Waals surface area (Å²) in [7, 11) is 1.63. The molecule has 0 aliphatic carbocycles. The molecule has 7 heteroatoms. The number of methoxy groups -OCH3 is 1. The first-order valence-electron chi connectivity index (χ1n) is 11.5. The van der Waals surface area contributed by atoms with Crippen LogP contribution in [0, 0.1) is 6.92 Å². The van der Waals surface area contributed by atoms with Crippen LogP contribution in [0.2, 0.25) is 0 Å². The fourth-order valence-corrected chi connectivity index (χ4v) is 4.32. The number of hydrogen-bond donors (Lipinski definition) is 0. The van der Waals surface area contributed by atoms with Crippen molar-refractivity contribution in [3.05, 3.63) is 113 Å². The van der Waals surface area contributed by atoms with E-state index in [4.69, 9.17) is 14.3 Å². The van der Waals surface area contributed by atoms with Crippen LogP contribution in [0.1, 0.15) is 5.69 Å². The van der Waals surface area contributed by atoms with E-state index in [1.54, 1.807) is 16.5 Å². The zero-order valence-electron chi connectivity index (χ0n) is 19.8. The summed E-state index contributed by atoms with van der Waals surface area (Å²) < 4.78 is 15.2. The van der Waals surface area contributed by atoms with E-state index in [9.17, 15) is 4.79 Å². The van der Waals surface area contributed by atoms with Crippen molar-refractivity contribution in [2.75, 3.05) is 7.11 Å². The molecule has 176 valence electrons. The molecule has 36 heavy (non-hydrogen) atoms. The number of fused-ring (bicyclic) bond motifs is 1. The lowest BCUT2D eigenvalue weighted by Crippen LogP contribution is -2.02. The predicted octanol–water partition coefficient (Wildman–Crippen LogP) is 5.82. The van der Waals surface area contributed by atoms with Gasteiger partial charge in [0, 0.05) is 17.8 Å². The summed E-state index contributed by atoms with van der Waals surface area (Å²) in [5, 5.41) is 9.93. The van der Waals surface area contributed by atoms with E-state index < -0.39 is 0 Å². The monoisotopic (exact) mass is 474 g/mol. The number of hydrogen-bond acceptors (Lipinski definition) is 5. The third-order valence-corrected chi connectivity index (χ3v) is 6.10. The summed E-state index contributed by atoms with van der Waals surface area (Å²) in [6.07, 6.45) is 1.88. The van der Waals surface area contributed by atoms with Crippen LogP contribution in [0.15, 0.2) is 106 Å². The van der Waals surface area contributed by atoms with Gasteiger partial charge in [-0.15, -0.1) is 0 Å². The maximum atomic E-state index is 13.3. The van der Waals surface area contributed by atoms with E-state index in [1.807, 2.05) is 98.0 Å². The van der Waals surface area contributed by atoms with Crippen LogP contribution in [0.3, 0.4) is 0 Å². The van der Waals surface area contributed by atoms with Crippen LogP contribution < -0.4 is 10.2 Å². The van der Waals surface area contributed by atoms with Gasteiger partial charge in [-0.05, 0) is 55.5 Å². The Morgan fingerprint density at radius 1 is 0.833 bits per heavy atom. The normalized spacial score (nSPS) is 11.2. The van der Waals surface area contributed by atoms with Gasteiger partial charge in [0.2, 0.25) is 5.71 Å². The summed E-state index contributed by atoms with van der Waals surface area (Å²) in [6, 6.07) is 28.6. The van der Waals surface area contributed by atoms with Crippen molar-refractivity contribution in [1.82, 2.24) is 19.6 Å². The Morgan fingerprint density at radius 2 is 1.50 bits per heavy atom. The molecule has 0 bridgehead atoms. The molecule has 3 heterocycles. The molecule has 0 spiro atoms. The fourth-order valence-electron chi connectivity index (χ4n) is 4.32. The van der Waals surface area contributed by atoms with Crippen molar-refractivity contribution in [2.45, 2.75) is 6.92 Å². The summed E-state index contributed by atoms with van der Waals surface area (Å²) >= 11 is 0. The van der Waals surface area contributed by atoms with Gasteiger partial charge in [0.1, 0.15) is 22.6 Å². The summed E-state index contributed by atoms with van der Waals surface area (Å²) in [5.41, 5.74) is 4.82. The summed E-state index contributed by atoms with van der Waals surface area (Å²) in [6.45, 7) is 1.81. The second-order valence-electron chi connectivity index (χ2n) is 8.39. The Kier molecular flexibility index (Phi) is 5.22. The first-order valence-corrected chi connectivity index (χ1v) is 11.5. The predicted molar refractivity (Wildman–Crippen MR) is 139 cm³/mol. The van der Waals surface area contributed by atoms with Crippen LogP contribution in [-0.4, -0.2) is 26.7 Å². The molecule has 0 saturated carbocycles. The lowest BCUT2D eigenvalue weighted by molar-refractivity contribution is 0.415. The first kappa shape index (κ1) is 21.6. The Balaban J connectivity index is 1.59. The molecule has 3 aromatic carbocycles. The number of aromatic nitrogens is 4. The zero-order chi connectivity index (χ0) is 24.6. The maximum absolute atomic E-state index is 13.3. The minimum atomic E-state index is -0.154. The Labute approximate surface area is 206 Å². The Hall–Kier alpha value is -4.91. The van der Waals surface area contributed by atoms with Crippen molar-refractivity contribution < 1.29 is 9.15 Å². The van der Waals surface area contributed by atoms with Crippen LogP contribution in [0.25, 0.3) is 45.1 Å². The van der Waals surface area contributed by atoms with E-state index in [1.165, 1.54) is 6.07 Å². The Morgan fingerprint density at radius 3 is 2.17 bits per heavy atom. The highest BCUT2D eigenvalue weighted by atomic mass is 16.5. The Bertz CT molecular complexity index is 1730. The highest BCUT2D eigenvalue weighted by molar-refractivity contribution is 5.83. The molecule has 0 N–H and O–H groups in total. The highest BCUT2D eigenvalue weighted by Crippen LogP contribution is 2.34. The topological polar surface area (TPSA) is 75.1 Å².